The standard InChI is InChI=1S/C10H9ClINO4/c11-6-3-5(1-2-7(6)12)9(15)13-4-8(14)10(16)17/h1-3,8,14H,4H2,(H,13,15)(H,16,17). The Morgan fingerprint density at radius 3 is 2.65 bits per heavy atom. The highest BCUT2D eigenvalue weighted by Gasteiger charge is 2.15. The number of aliphatic carboxylic acids is 1. The van der Waals surface area contributed by atoms with Gasteiger partial charge < -0.3 is 15.5 Å². The first-order chi connectivity index (χ1) is 7.91. The van der Waals surface area contributed by atoms with Crippen molar-refractivity contribution >= 4 is 46.1 Å². The topological polar surface area (TPSA) is 86.6 Å². The van der Waals surface area contributed by atoms with E-state index in [0.29, 0.717) is 10.6 Å². The summed E-state index contributed by atoms with van der Waals surface area (Å²) in [5.41, 5.74) is 0.313. The van der Waals surface area contributed by atoms with E-state index in [1.807, 2.05) is 22.6 Å². The van der Waals surface area contributed by atoms with Crippen LogP contribution >= 0.6 is 34.2 Å². The molecule has 0 bridgehead atoms. The SMILES string of the molecule is O=C(NCC(O)C(=O)O)c1ccc(I)c(Cl)c1. The number of carboxylic acid groups (broad SMARTS) is 1. The van der Waals surface area contributed by atoms with Gasteiger partial charge in [-0.25, -0.2) is 4.79 Å². The molecule has 1 unspecified atom stereocenters. The van der Waals surface area contributed by atoms with Crippen LogP contribution in [0.4, 0.5) is 0 Å². The summed E-state index contributed by atoms with van der Waals surface area (Å²) in [6.07, 6.45) is -1.61. The lowest BCUT2D eigenvalue weighted by Crippen LogP contribution is -2.36. The molecule has 3 N–H and O–H groups in total. The molecule has 0 aromatic heterocycles. The van der Waals surface area contributed by atoms with Crippen LogP contribution in [0, 0.1) is 3.57 Å². The number of hydrogen-bond donors (Lipinski definition) is 3. The van der Waals surface area contributed by atoms with Crippen molar-refractivity contribution in [3.63, 3.8) is 0 Å². The van der Waals surface area contributed by atoms with E-state index in [4.69, 9.17) is 21.8 Å². The van der Waals surface area contributed by atoms with Gasteiger partial charge in [0.2, 0.25) is 0 Å². The van der Waals surface area contributed by atoms with Gasteiger partial charge in [-0.3, -0.25) is 4.79 Å². The highest BCUT2D eigenvalue weighted by Crippen LogP contribution is 2.19. The van der Waals surface area contributed by atoms with Crippen LogP contribution in [0.2, 0.25) is 5.02 Å². The van der Waals surface area contributed by atoms with Gasteiger partial charge in [0.1, 0.15) is 0 Å². The summed E-state index contributed by atoms with van der Waals surface area (Å²) in [5.74, 6) is -1.87. The predicted molar refractivity (Wildman–Crippen MR) is 70.1 cm³/mol. The predicted octanol–water partition coefficient (Wildman–Crippen LogP) is 1.12. The summed E-state index contributed by atoms with van der Waals surface area (Å²) in [6.45, 7) is -0.349. The summed E-state index contributed by atoms with van der Waals surface area (Å²) in [4.78, 5) is 21.9. The zero-order chi connectivity index (χ0) is 13.0. The van der Waals surface area contributed by atoms with Crippen LogP contribution in [0.1, 0.15) is 10.4 Å². The molecule has 0 radical (unpaired) electrons. The summed E-state index contributed by atoms with van der Waals surface area (Å²) in [6, 6.07) is 4.72. The minimum absolute atomic E-state index is 0.313. The fraction of sp³-hybridized carbons (Fsp3) is 0.200. The number of carbonyl (C=O) groups is 2. The van der Waals surface area contributed by atoms with E-state index >= 15 is 0 Å². The third kappa shape index (κ3) is 4.14. The summed E-state index contributed by atoms with van der Waals surface area (Å²) in [7, 11) is 0. The van der Waals surface area contributed by atoms with Crippen LogP contribution < -0.4 is 5.32 Å². The van der Waals surface area contributed by atoms with Crippen molar-refractivity contribution in [1.82, 2.24) is 5.32 Å². The molecule has 0 fully saturated rings. The van der Waals surface area contributed by atoms with E-state index in [1.165, 1.54) is 6.07 Å². The summed E-state index contributed by atoms with van der Waals surface area (Å²) >= 11 is 7.86. The van der Waals surface area contributed by atoms with Gasteiger partial charge in [-0.15, -0.1) is 0 Å². The molecule has 0 aliphatic carbocycles. The first kappa shape index (κ1) is 14.2. The van der Waals surface area contributed by atoms with Crippen molar-refractivity contribution in [3.8, 4) is 0 Å². The summed E-state index contributed by atoms with van der Waals surface area (Å²) < 4.78 is 0.811. The average molecular weight is 370 g/mol. The number of halogens is 2. The minimum Gasteiger partial charge on any atom is -0.479 e. The number of amides is 1. The van der Waals surface area contributed by atoms with Gasteiger partial charge in [0.15, 0.2) is 6.10 Å². The maximum atomic E-state index is 11.6. The lowest BCUT2D eigenvalue weighted by atomic mass is 10.2. The molecule has 1 atom stereocenters. The lowest BCUT2D eigenvalue weighted by Gasteiger charge is -2.08. The van der Waals surface area contributed by atoms with Gasteiger partial charge in [-0.2, -0.15) is 0 Å². The zero-order valence-electron chi connectivity index (χ0n) is 8.48. The molecule has 92 valence electrons. The van der Waals surface area contributed by atoms with E-state index in [2.05, 4.69) is 5.32 Å². The Hall–Kier alpha value is -0.860. The van der Waals surface area contributed by atoms with Crippen molar-refractivity contribution in [3.05, 3.63) is 32.4 Å². The number of carbonyl (C=O) groups excluding carboxylic acids is 1. The highest BCUT2D eigenvalue weighted by molar-refractivity contribution is 14.1. The molecule has 7 heteroatoms. The third-order valence-corrected chi connectivity index (χ3v) is 3.50. The molecular weight excluding hydrogens is 360 g/mol. The Morgan fingerprint density at radius 1 is 1.47 bits per heavy atom. The molecule has 0 aliphatic heterocycles. The van der Waals surface area contributed by atoms with Crippen LogP contribution in [0.25, 0.3) is 0 Å². The van der Waals surface area contributed by atoms with Crippen LogP contribution in [0.5, 0.6) is 0 Å². The largest absolute Gasteiger partial charge is 0.479 e. The van der Waals surface area contributed by atoms with Crippen molar-refractivity contribution in [1.29, 1.82) is 0 Å². The number of nitrogens with one attached hydrogen (secondary N) is 1. The first-order valence-electron chi connectivity index (χ1n) is 4.56. The van der Waals surface area contributed by atoms with Crippen molar-refractivity contribution < 1.29 is 19.8 Å². The molecule has 1 aromatic carbocycles. The zero-order valence-corrected chi connectivity index (χ0v) is 11.4. The number of benzene rings is 1. The lowest BCUT2D eigenvalue weighted by molar-refractivity contribution is -0.146. The van der Waals surface area contributed by atoms with Crippen molar-refractivity contribution in [2.75, 3.05) is 6.54 Å². The third-order valence-electron chi connectivity index (χ3n) is 1.92. The molecule has 1 rings (SSSR count). The van der Waals surface area contributed by atoms with Gasteiger partial charge in [-0.1, -0.05) is 11.6 Å². The molecule has 1 aromatic rings. The minimum atomic E-state index is -1.61. The Bertz CT molecular complexity index is 452. The second-order valence-electron chi connectivity index (χ2n) is 3.19. The van der Waals surface area contributed by atoms with E-state index in [1.54, 1.807) is 12.1 Å². The highest BCUT2D eigenvalue weighted by atomic mass is 127. The second-order valence-corrected chi connectivity index (χ2v) is 4.76. The molecule has 0 heterocycles. The molecule has 0 saturated carbocycles. The van der Waals surface area contributed by atoms with Crippen LogP contribution in [0.3, 0.4) is 0 Å². The van der Waals surface area contributed by atoms with Gasteiger partial charge >= 0.3 is 5.97 Å². The maximum Gasteiger partial charge on any atom is 0.334 e. The van der Waals surface area contributed by atoms with Gasteiger partial charge in [0, 0.05) is 9.13 Å². The number of rotatable bonds is 4. The Kier molecular flexibility index (Phi) is 5.16. The van der Waals surface area contributed by atoms with Gasteiger partial charge in [0.25, 0.3) is 5.91 Å². The average Bonchev–Trinajstić information content (AvgIpc) is 2.28. The second kappa shape index (κ2) is 6.18. The Morgan fingerprint density at radius 2 is 2.12 bits per heavy atom. The number of aliphatic hydroxyl groups is 1. The first-order valence-corrected chi connectivity index (χ1v) is 6.01. The molecular formula is C10H9ClINO4. The fourth-order valence-corrected chi connectivity index (χ4v) is 1.53. The smallest absolute Gasteiger partial charge is 0.334 e. The molecule has 0 aliphatic rings. The molecule has 5 nitrogen and oxygen atoms in total. The number of carboxylic acids is 1. The van der Waals surface area contributed by atoms with Crippen LogP contribution in [0.15, 0.2) is 18.2 Å². The van der Waals surface area contributed by atoms with Gasteiger partial charge in [-0.05, 0) is 40.8 Å². The number of aliphatic hydroxyl groups excluding tert-OH is 1. The maximum absolute atomic E-state index is 11.6. The molecule has 0 spiro atoms. The quantitative estimate of drug-likeness (QED) is 0.694. The van der Waals surface area contributed by atoms with Gasteiger partial charge in [0.05, 0.1) is 11.6 Å². The Labute approximate surface area is 116 Å². The molecule has 17 heavy (non-hydrogen) atoms. The van der Waals surface area contributed by atoms with Crippen molar-refractivity contribution in [2.24, 2.45) is 0 Å². The fourth-order valence-electron chi connectivity index (χ4n) is 1.02. The van der Waals surface area contributed by atoms with E-state index in [0.717, 1.165) is 3.57 Å². The van der Waals surface area contributed by atoms with Crippen LogP contribution in [-0.2, 0) is 4.79 Å². The van der Waals surface area contributed by atoms with Crippen molar-refractivity contribution in [2.45, 2.75) is 6.10 Å². The normalized spacial score (nSPS) is 11.9. The molecule has 0 saturated heterocycles. The van der Waals surface area contributed by atoms with E-state index in [9.17, 15) is 9.59 Å². The summed E-state index contributed by atoms with van der Waals surface area (Å²) in [5, 5.41) is 20.1. The molecule has 1 amide bonds. The monoisotopic (exact) mass is 369 g/mol. The van der Waals surface area contributed by atoms with Crippen LogP contribution in [-0.4, -0.2) is 34.7 Å². The Balaban J connectivity index is 2.64. The van der Waals surface area contributed by atoms with E-state index in [-0.39, 0.29) is 6.54 Å². The van der Waals surface area contributed by atoms with E-state index < -0.39 is 18.0 Å². The number of hydrogen-bond acceptors (Lipinski definition) is 3.